The van der Waals surface area contributed by atoms with Gasteiger partial charge in [0.2, 0.25) is 0 Å². The van der Waals surface area contributed by atoms with E-state index in [1.165, 1.54) is 0 Å². The molecule has 3 rings (SSSR count). The van der Waals surface area contributed by atoms with Crippen LogP contribution in [0.3, 0.4) is 0 Å². The second kappa shape index (κ2) is 7.40. The van der Waals surface area contributed by atoms with Crippen LogP contribution in [0.1, 0.15) is 40.7 Å². The van der Waals surface area contributed by atoms with Crippen molar-refractivity contribution in [1.82, 2.24) is 0 Å². The smallest absolute Gasteiger partial charge is 0.193 e. The number of nitrogens with two attached hydrogens (primary N) is 1. The van der Waals surface area contributed by atoms with E-state index in [0.29, 0.717) is 23.4 Å². The fourth-order valence-corrected chi connectivity index (χ4v) is 2.65. The summed E-state index contributed by atoms with van der Waals surface area (Å²) >= 11 is 0. The van der Waals surface area contributed by atoms with Gasteiger partial charge in [0.15, 0.2) is 12.1 Å². The van der Waals surface area contributed by atoms with Crippen molar-refractivity contribution in [2.75, 3.05) is 12.3 Å². The fraction of sp³-hybridized carbons (Fsp3) is 0.316. The van der Waals surface area contributed by atoms with E-state index in [9.17, 15) is 4.79 Å². The number of nitrogen functional groups attached to an aromatic ring is 1. The Balaban J connectivity index is 1.72. The summed E-state index contributed by atoms with van der Waals surface area (Å²) in [6, 6.07) is 14.6. The summed E-state index contributed by atoms with van der Waals surface area (Å²) in [4.78, 5) is 12.5. The van der Waals surface area contributed by atoms with Crippen molar-refractivity contribution in [3.05, 3.63) is 65.2 Å². The molecule has 120 valence electrons. The molecule has 1 unspecified atom stereocenters. The Labute approximate surface area is 136 Å². The Morgan fingerprint density at radius 2 is 1.96 bits per heavy atom. The first-order chi connectivity index (χ1) is 11.2. The van der Waals surface area contributed by atoms with E-state index in [1.807, 2.05) is 36.4 Å². The molecule has 0 saturated carbocycles. The van der Waals surface area contributed by atoms with Crippen LogP contribution in [-0.2, 0) is 16.1 Å². The predicted octanol–water partition coefficient (Wildman–Crippen LogP) is 3.54. The summed E-state index contributed by atoms with van der Waals surface area (Å²) in [7, 11) is 0. The molecule has 0 amide bonds. The number of carbonyl (C=O) groups excluding carboxylic acids is 1. The Morgan fingerprint density at radius 1 is 1.13 bits per heavy atom. The van der Waals surface area contributed by atoms with Gasteiger partial charge in [0.1, 0.15) is 0 Å². The van der Waals surface area contributed by atoms with Gasteiger partial charge in [-0.1, -0.05) is 30.3 Å². The number of hydrogen-bond acceptors (Lipinski definition) is 4. The first-order valence-corrected chi connectivity index (χ1v) is 7.95. The van der Waals surface area contributed by atoms with E-state index < -0.39 is 0 Å². The van der Waals surface area contributed by atoms with Crippen LogP contribution in [0.15, 0.2) is 48.5 Å². The van der Waals surface area contributed by atoms with Gasteiger partial charge < -0.3 is 15.2 Å². The van der Waals surface area contributed by atoms with Crippen molar-refractivity contribution in [3.63, 3.8) is 0 Å². The molecular formula is C19H21NO3. The summed E-state index contributed by atoms with van der Waals surface area (Å²) in [6.07, 6.45) is 2.94. The average molecular weight is 311 g/mol. The lowest BCUT2D eigenvalue weighted by molar-refractivity contribution is -0.168. The summed E-state index contributed by atoms with van der Waals surface area (Å²) in [5, 5.41) is 0. The number of ketones is 1. The van der Waals surface area contributed by atoms with Crippen molar-refractivity contribution in [2.24, 2.45) is 0 Å². The second-order valence-corrected chi connectivity index (χ2v) is 5.72. The molecule has 23 heavy (non-hydrogen) atoms. The van der Waals surface area contributed by atoms with Gasteiger partial charge in [-0.05, 0) is 37.5 Å². The van der Waals surface area contributed by atoms with E-state index in [0.717, 1.165) is 31.4 Å². The first kappa shape index (κ1) is 15.7. The van der Waals surface area contributed by atoms with Gasteiger partial charge in [0.05, 0.1) is 6.61 Å². The number of ether oxygens (including phenoxy) is 2. The molecule has 1 fully saturated rings. The summed E-state index contributed by atoms with van der Waals surface area (Å²) < 4.78 is 11.3. The van der Waals surface area contributed by atoms with Crippen LogP contribution in [0.4, 0.5) is 5.69 Å². The van der Waals surface area contributed by atoms with Crippen molar-refractivity contribution in [3.8, 4) is 0 Å². The lowest BCUT2D eigenvalue weighted by atomic mass is 10.0. The summed E-state index contributed by atoms with van der Waals surface area (Å²) in [6.45, 7) is 1.10. The normalized spacial score (nSPS) is 17.8. The molecule has 0 spiro atoms. The van der Waals surface area contributed by atoms with E-state index in [4.69, 9.17) is 15.2 Å². The maximum absolute atomic E-state index is 12.5. The van der Waals surface area contributed by atoms with Crippen molar-refractivity contribution >= 4 is 11.5 Å². The number of anilines is 1. The molecule has 0 aromatic heterocycles. The number of carbonyl (C=O) groups is 1. The molecule has 1 aliphatic rings. The molecule has 0 aliphatic carbocycles. The second-order valence-electron chi connectivity index (χ2n) is 5.72. The summed E-state index contributed by atoms with van der Waals surface area (Å²) in [5.74, 6) is -0.0132. The van der Waals surface area contributed by atoms with Crippen LogP contribution >= 0.6 is 0 Å². The molecule has 2 aromatic rings. The van der Waals surface area contributed by atoms with Gasteiger partial charge in [-0.15, -0.1) is 0 Å². The predicted molar refractivity (Wildman–Crippen MR) is 89.1 cm³/mol. The van der Waals surface area contributed by atoms with Crippen LogP contribution in [0.2, 0.25) is 0 Å². The molecule has 2 aromatic carbocycles. The van der Waals surface area contributed by atoms with Crippen LogP contribution in [-0.4, -0.2) is 18.7 Å². The third kappa shape index (κ3) is 3.97. The molecule has 1 saturated heterocycles. The average Bonchev–Trinajstić information content (AvgIpc) is 2.62. The number of rotatable bonds is 5. The fourth-order valence-electron chi connectivity index (χ4n) is 2.65. The molecule has 2 N–H and O–H groups in total. The molecule has 1 heterocycles. The Morgan fingerprint density at radius 3 is 2.70 bits per heavy atom. The third-order valence-electron chi connectivity index (χ3n) is 4.00. The lowest BCUT2D eigenvalue weighted by Gasteiger charge is -2.23. The zero-order chi connectivity index (χ0) is 16.1. The Kier molecular flexibility index (Phi) is 5.05. The third-order valence-corrected chi connectivity index (χ3v) is 4.00. The maximum Gasteiger partial charge on any atom is 0.193 e. The minimum absolute atomic E-state index is 0.0132. The topological polar surface area (TPSA) is 61.6 Å². The SMILES string of the molecule is Nc1ccc(C(=O)c2ccccc2)cc1COC1CCCCO1. The first-order valence-electron chi connectivity index (χ1n) is 7.95. The molecule has 1 aliphatic heterocycles. The zero-order valence-electron chi connectivity index (χ0n) is 13.0. The number of benzene rings is 2. The lowest BCUT2D eigenvalue weighted by Crippen LogP contribution is -2.22. The largest absolute Gasteiger partial charge is 0.398 e. The van der Waals surface area contributed by atoms with Gasteiger partial charge >= 0.3 is 0 Å². The van der Waals surface area contributed by atoms with Gasteiger partial charge in [-0.25, -0.2) is 0 Å². The molecule has 4 nitrogen and oxygen atoms in total. The molecule has 0 bridgehead atoms. The minimum Gasteiger partial charge on any atom is -0.398 e. The Bertz CT molecular complexity index is 664. The molecule has 1 atom stereocenters. The highest BCUT2D eigenvalue weighted by Gasteiger charge is 2.16. The monoisotopic (exact) mass is 311 g/mol. The highest BCUT2D eigenvalue weighted by molar-refractivity contribution is 6.09. The van der Waals surface area contributed by atoms with Crippen molar-refractivity contribution in [1.29, 1.82) is 0 Å². The van der Waals surface area contributed by atoms with Crippen LogP contribution in [0.5, 0.6) is 0 Å². The van der Waals surface area contributed by atoms with Crippen LogP contribution < -0.4 is 5.73 Å². The highest BCUT2D eigenvalue weighted by Crippen LogP contribution is 2.21. The van der Waals surface area contributed by atoms with E-state index in [-0.39, 0.29) is 12.1 Å². The molecule has 4 heteroatoms. The van der Waals surface area contributed by atoms with E-state index in [1.54, 1.807) is 12.1 Å². The van der Waals surface area contributed by atoms with Gasteiger partial charge in [0.25, 0.3) is 0 Å². The van der Waals surface area contributed by atoms with Gasteiger partial charge in [-0.3, -0.25) is 4.79 Å². The van der Waals surface area contributed by atoms with Crippen LogP contribution in [0, 0.1) is 0 Å². The number of hydrogen-bond donors (Lipinski definition) is 1. The minimum atomic E-state index is -0.170. The van der Waals surface area contributed by atoms with Crippen molar-refractivity contribution < 1.29 is 14.3 Å². The highest BCUT2D eigenvalue weighted by atomic mass is 16.7. The van der Waals surface area contributed by atoms with Gasteiger partial charge in [-0.2, -0.15) is 0 Å². The zero-order valence-corrected chi connectivity index (χ0v) is 13.0. The molecule has 0 radical (unpaired) electrons. The standard InChI is InChI=1S/C19H21NO3/c20-17-10-9-15(19(21)14-6-2-1-3-7-14)12-16(17)13-23-18-8-4-5-11-22-18/h1-3,6-7,9-10,12,18H,4-5,8,11,13,20H2. The molecular weight excluding hydrogens is 290 g/mol. The Hall–Kier alpha value is -2.17. The van der Waals surface area contributed by atoms with E-state index >= 15 is 0 Å². The quantitative estimate of drug-likeness (QED) is 0.677. The maximum atomic E-state index is 12.5. The van der Waals surface area contributed by atoms with Crippen LogP contribution in [0.25, 0.3) is 0 Å². The van der Waals surface area contributed by atoms with Gasteiger partial charge in [0, 0.05) is 29.0 Å². The summed E-state index contributed by atoms with van der Waals surface area (Å²) in [5.41, 5.74) is 8.75. The van der Waals surface area contributed by atoms with Crippen molar-refractivity contribution in [2.45, 2.75) is 32.2 Å². The van der Waals surface area contributed by atoms with E-state index in [2.05, 4.69) is 0 Å².